The largest absolute Gasteiger partial charge is 0.461 e. The number of fused-ring (bicyclic) bond motifs is 2. The van der Waals surface area contributed by atoms with Crippen molar-refractivity contribution >= 4 is 12.0 Å². The number of ether oxygens (including phenoxy) is 2. The van der Waals surface area contributed by atoms with E-state index in [1.165, 1.54) is 6.26 Å². The van der Waals surface area contributed by atoms with Gasteiger partial charge >= 0.3 is 12.0 Å². The Morgan fingerprint density at radius 3 is 2.68 bits per heavy atom. The van der Waals surface area contributed by atoms with Gasteiger partial charge in [-0.05, 0) is 25.8 Å². The number of anilines is 1. The van der Waals surface area contributed by atoms with Crippen LogP contribution in [0.1, 0.15) is 43.1 Å². The first kappa shape index (κ1) is 15.9. The van der Waals surface area contributed by atoms with Crippen molar-refractivity contribution in [1.29, 1.82) is 0 Å². The van der Waals surface area contributed by atoms with E-state index >= 15 is 0 Å². The van der Waals surface area contributed by atoms with Gasteiger partial charge < -0.3 is 18.8 Å². The Morgan fingerprint density at radius 2 is 2.00 bits per heavy atom. The van der Waals surface area contributed by atoms with Gasteiger partial charge in [-0.1, -0.05) is 0 Å². The molecule has 3 atom stereocenters. The predicted octanol–water partition coefficient (Wildman–Crippen LogP) is 2.22. The molecule has 0 N–H and O–H groups in total. The summed E-state index contributed by atoms with van der Waals surface area (Å²) in [6.45, 7) is 2.08. The molecule has 4 rings (SSSR count). The van der Waals surface area contributed by atoms with Gasteiger partial charge in [-0.3, -0.25) is 0 Å². The molecule has 0 radical (unpaired) electrons. The van der Waals surface area contributed by atoms with Crippen LogP contribution in [0, 0.1) is 0 Å². The molecule has 0 saturated carbocycles. The maximum Gasteiger partial charge on any atom is 0.360 e. The second-order valence-corrected chi connectivity index (χ2v) is 6.27. The van der Waals surface area contributed by atoms with Crippen LogP contribution in [-0.2, 0) is 4.74 Å². The number of carbonyl (C=O) groups excluding carboxylic acids is 1. The first-order chi connectivity index (χ1) is 12.2. The van der Waals surface area contributed by atoms with Crippen LogP contribution in [-0.4, -0.2) is 45.7 Å². The second-order valence-electron chi connectivity index (χ2n) is 6.27. The fourth-order valence-electron chi connectivity index (χ4n) is 3.71. The van der Waals surface area contributed by atoms with E-state index in [0.29, 0.717) is 18.6 Å². The van der Waals surface area contributed by atoms with Crippen LogP contribution in [0.2, 0.25) is 0 Å². The summed E-state index contributed by atoms with van der Waals surface area (Å²) in [5.41, 5.74) is 0.215. The molecule has 2 bridgehead atoms. The zero-order valence-electron chi connectivity index (χ0n) is 14.0. The summed E-state index contributed by atoms with van der Waals surface area (Å²) in [4.78, 5) is 26.5. The molecule has 0 amide bonds. The van der Waals surface area contributed by atoms with E-state index in [1.54, 1.807) is 25.4 Å². The monoisotopic (exact) mass is 344 g/mol. The number of esters is 1. The van der Waals surface area contributed by atoms with Crippen molar-refractivity contribution in [3.63, 3.8) is 0 Å². The molecule has 2 fully saturated rings. The Kier molecular flexibility index (Phi) is 4.25. The average Bonchev–Trinajstić information content (AvgIpc) is 3.19. The molecule has 4 heterocycles. The van der Waals surface area contributed by atoms with Crippen molar-refractivity contribution in [2.45, 2.75) is 50.8 Å². The fraction of sp³-hybridized carbons (Fsp3) is 0.529. The zero-order valence-corrected chi connectivity index (χ0v) is 14.0. The van der Waals surface area contributed by atoms with Crippen molar-refractivity contribution < 1.29 is 18.7 Å². The van der Waals surface area contributed by atoms with Gasteiger partial charge in [0.05, 0.1) is 6.61 Å². The summed E-state index contributed by atoms with van der Waals surface area (Å²) in [5, 5.41) is 0. The Balaban J connectivity index is 1.45. The number of nitrogens with zero attached hydrogens (tertiary/aromatic N) is 4. The van der Waals surface area contributed by atoms with Gasteiger partial charge in [0.25, 0.3) is 6.01 Å². The van der Waals surface area contributed by atoms with E-state index in [9.17, 15) is 4.79 Å². The van der Waals surface area contributed by atoms with Gasteiger partial charge in [0.2, 0.25) is 0 Å². The van der Waals surface area contributed by atoms with Crippen LogP contribution in [0.5, 0.6) is 6.01 Å². The molecule has 8 nitrogen and oxygen atoms in total. The molecule has 2 aromatic rings. The molecule has 132 valence electrons. The van der Waals surface area contributed by atoms with Crippen molar-refractivity contribution in [3.8, 4) is 6.01 Å². The lowest BCUT2D eigenvalue weighted by molar-refractivity contribution is 0.0519. The maximum absolute atomic E-state index is 11.8. The number of carbonyl (C=O) groups is 1. The summed E-state index contributed by atoms with van der Waals surface area (Å²) in [6.07, 6.45) is 8.61. The summed E-state index contributed by atoms with van der Waals surface area (Å²) in [6, 6.07) is 3.23. The smallest absolute Gasteiger partial charge is 0.360 e. The maximum atomic E-state index is 11.8. The van der Waals surface area contributed by atoms with E-state index in [1.807, 2.05) is 0 Å². The Labute approximate surface area is 145 Å². The normalized spacial score (nSPS) is 25.0. The molecular weight excluding hydrogens is 324 g/mol. The zero-order chi connectivity index (χ0) is 17.2. The van der Waals surface area contributed by atoms with Gasteiger partial charge in [0.1, 0.15) is 12.4 Å². The minimum Gasteiger partial charge on any atom is -0.461 e. The number of hydrogen-bond donors (Lipinski definition) is 0. The molecular formula is C17H20N4O4. The Hall–Kier alpha value is -2.64. The minimum absolute atomic E-state index is 0.0793. The molecule has 0 aliphatic carbocycles. The summed E-state index contributed by atoms with van der Waals surface area (Å²) >= 11 is 0. The molecule has 8 heteroatoms. The summed E-state index contributed by atoms with van der Waals surface area (Å²) in [5.74, 6) is -0.454. The average molecular weight is 344 g/mol. The van der Waals surface area contributed by atoms with Crippen LogP contribution < -0.4 is 9.64 Å². The third kappa shape index (κ3) is 3.16. The topological polar surface area (TPSA) is 90.6 Å². The Morgan fingerprint density at radius 1 is 1.28 bits per heavy atom. The first-order valence-corrected chi connectivity index (χ1v) is 8.59. The highest BCUT2D eigenvalue weighted by molar-refractivity contribution is 5.87. The molecule has 0 unspecified atom stereocenters. The number of aromatic nitrogens is 3. The van der Waals surface area contributed by atoms with Gasteiger partial charge in [0.15, 0.2) is 5.69 Å². The number of piperidine rings is 1. The van der Waals surface area contributed by atoms with E-state index in [4.69, 9.17) is 13.9 Å². The molecule has 2 aromatic heterocycles. The lowest BCUT2D eigenvalue weighted by atomic mass is 10.0. The van der Waals surface area contributed by atoms with E-state index < -0.39 is 5.97 Å². The van der Waals surface area contributed by atoms with Gasteiger partial charge in [-0.25, -0.2) is 14.8 Å². The lowest BCUT2D eigenvalue weighted by Crippen LogP contribution is -2.46. The summed E-state index contributed by atoms with van der Waals surface area (Å²) < 4.78 is 16.4. The summed E-state index contributed by atoms with van der Waals surface area (Å²) in [7, 11) is 0. The lowest BCUT2D eigenvalue weighted by Gasteiger charge is -2.37. The first-order valence-electron chi connectivity index (χ1n) is 8.59. The van der Waals surface area contributed by atoms with Gasteiger partial charge in [-0.2, -0.15) is 4.98 Å². The van der Waals surface area contributed by atoms with Crippen molar-refractivity contribution in [1.82, 2.24) is 15.0 Å². The third-order valence-electron chi connectivity index (χ3n) is 4.70. The third-order valence-corrected chi connectivity index (χ3v) is 4.70. The highest BCUT2D eigenvalue weighted by Crippen LogP contribution is 2.39. The molecule has 2 aliphatic heterocycles. The van der Waals surface area contributed by atoms with E-state index in [2.05, 4.69) is 19.9 Å². The molecule has 25 heavy (non-hydrogen) atoms. The molecule has 2 aliphatic rings. The van der Waals surface area contributed by atoms with Crippen LogP contribution >= 0.6 is 0 Å². The standard InChI is InChI=1S/C17H20N4O4/c1-2-23-15(22)14-10-24-17(20-14)21-11-4-5-12(21)9-13(8-11)25-16-18-6-3-7-19-16/h3,6-7,10-13H,2,4-5,8-9H2,1H3/t11-,12+,13+. The van der Waals surface area contributed by atoms with E-state index in [0.717, 1.165) is 25.7 Å². The molecule has 2 saturated heterocycles. The van der Waals surface area contributed by atoms with Crippen LogP contribution in [0.15, 0.2) is 29.1 Å². The number of hydrogen-bond acceptors (Lipinski definition) is 8. The minimum atomic E-state index is -0.454. The second kappa shape index (κ2) is 6.70. The van der Waals surface area contributed by atoms with Crippen LogP contribution in [0.25, 0.3) is 0 Å². The van der Waals surface area contributed by atoms with Crippen molar-refractivity contribution in [3.05, 3.63) is 30.4 Å². The van der Waals surface area contributed by atoms with Crippen molar-refractivity contribution in [2.75, 3.05) is 11.5 Å². The molecule has 0 aromatic carbocycles. The Bertz CT molecular complexity index is 721. The SMILES string of the molecule is CCOC(=O)c1coc(N2[C@@H]3CC[C@H]2C[C@@H](Oc2ncccn2)C3)n1. The van der Waals surface area contributed by atoms with Gasteiger partial charge in [0, 0.05) is 37.3 Å². The highest BCUT2D eigenvalue weighted by Gasteiger charge is 2.44. The van der Waals surface area contributed by atoms with Crippen LogP contribution in [0.3, 0.4) is 0 Å². The van der Waals surface area contributed by atoms with Crippen LogP contribution in [0.4, 0.5) is 6.01 Å². The molecule has 0 spiro atoms. The van der Waals surface area contributed by atoms with Gasteiger partial charge in [-0.15, -0.1) is 0 Å². The predicted molar refractivity (Wildman–Crippen MR) is 87.4 cm³/mol. The quantitative estimate of drug-likeness (QED) is 0.763. The number of oxazole rings is 1. The van der Waals surface area contributed by atoms with Crippen molar-refractivity contribution in [2.24, 2.45) is 0 Å². The highest BCUT2D eigenvalue weighted by atomic mass is 16.5. The number of rotatable bonds is 5. The fourth-order valence-corrected chi connectivity index (χ4v) is 3.71. The van der Waals surface area contributed by atoms with E-state index in [-0.39, 0.29) is 23.9 Å².